The molecule has 4 nitrogen and oxygen atoms in total. The molecule has 0 aliphatic rings. The molecule has 0 saturated heterocycles. The Bertz CT molecular complexity index is 702. The van der Waals surface area contributed by atoms with Crippen LogP contribution in [0.25, 0.3) is 11.0 Å². The number of nitrogens with zero attached hydrogens (tertiary/aromatic N) is 1. The molecule has 0 spiro atoms. The van der Waals surface area contributed by atoms with E-state index in [-0.39, 0.29) is 10.5 Å². The Hall–Kier alpha value is -1.76. The van der Waals surface area contributed by atoms with Gasteiger partial charge < -0.3 is 4.98 Å². The number of fused-ring (bicyclic) bond motifs is 1. The van der Waals surface area contributed by atoms with Crippen molar-refractivity contribution in [3.63, 3.8) is 0 Å². The zero-order valence-corrected chi connectivity index (χ0v) is 8.76. The number of H-pyrrole nitrogens is 1. The quantitative estimate of drug-likeness (QED) is 0.738. The van der Waals surface area contributed by atoms with E-state index in [1.165, 1.54) is 12.1 Å². The molecule has 0 amide bonds. The van der Waals surface area contributed by atoms with Gasteiger partial charge in [0.15, 0.2) is 0 Å². The fraction of sp³-hybridized carbons (Fsp3) is 0.111. The standard InChI is InChI=1S/C9H4ClF3N2O2/c10-4-2-1-3-5-6(4)14-7(16)8(17)15(5)9(11,12)13/h1-3H,(H,14,16). The first-order chi connectivity index (χ1) is 7.82. The van der Waals surface area contributed by atoms with Gasteiger partial charge in [0.1, 0.15) is 0 Å². The first-order valence-corrected chi connectivity index (χ1v) is 4.71. The maximum Gasteiger partial charge on any atom is 0.492 e. The molecule has 2 aromatic rings. The Morgan fingerprint density at radius 1 is 1.24 bits per heavy atom. The number of alkyl halides is 3. The number of para-hydroxylation sites is 1. The van der Waals surface area contributed by atoms with E-state index < -0.39 is 27.5 Å². The summed E-state index contributed by atoms with van der Waals surface area (Å²) in [6.45, 7) is 0. The topological polar surface area (TPSA) is 54.9 Å². The van der Waals surface area contributed by atoms with Crippen molar-refractivity contribution >= 4 is 22.6 Å². The van der Waals surface area contributed by atoms with Crippen LogP contribution in [0.2, 0.25) is 5.02 Å². The number of halogens is 4. The summed E-state index contributed by atoms with van der Waals surface area (Å²) in [6.07, 6.45) is -4.98. The van der Waals surface area contributed by atoms with Gasteiger partial charge in [-0.1, -0.05) is 17.7 Å². The van der Waals surface area contributed by atoms with E-state index in [2.05, 4.69) is 0 Å². The zero-order valence-electron chi connectivity index (χ0n) is 8.01. The van der Waals surface area contributed by atoms with Crippen LogP contribution < -0.4 is 11.1 Å². The van der Waals surface area contributed by atoms with Crippen LogP contribution in [-0.2, 0) is 6.30 Å². The Morgan fingerprint density at radius 3 is 2.47 bits per heavy atom. The monoisotopic (exact) mass is 264 g/mol. The molecule has 1 aromatic heterocycles. The van der Waals surface area contributed by atoms with Crippen molar-refractivity contribution in [3.8, 4) is 0 Å². The minimum Gasteiger partial charge on any atom is -0.315 e. The molecular weight excluding hydrogens is 261 g/mol. The number of benzene rings is 1. The summed E-state index contributed by atoms with van der Waals surface area (Å²) in [5.74, 6) is 0. The smallest absolute Gasteiger partial charge is 0.315 e. The molecule has 0 unspecified atom stereocenters. The van der Waals surface area contributed by atoms with E-state index in [4.69, 9.17) is 11.6 Å². The third-order valence-electron chi connectivity index (χ3n) is 2.12. The van der Waals surface area contributed by atoms with Gasteiger partial charge in [0.2, 0.25) is 0 Å². The van der Waals surface area contributed by atoms with Crippen LogP contribution in [0.5, 0.6) is 0 Å². The van der Waals surface area contributed by atoms with Crippen molar-refractivity contribution in [2.75, 3.05) is 0 Å². The van der Waals surface area contributed by atoms with E-state index in [0.717, 1.165) is 6.07 Å². The van der Waals surface area contributed by atoms with E-state index in [1.54, 1.807) is 0 Å². The summed E-state index contributed by atoms with van der Waals surface area (Å²) in [5, 5.41) is -0.0717. The van der Waals surface area contributed by atoms with E-state index >= 15 is 0 Å². The maximum absolute atomic E-state index is 12.7. The average Bonchev–Trinajstić information content (AvgIpc) is 2.19. The van der Waals surface area contributed by atoms with Gasteiger partial charge in [-0.2, -0.15) is 0 Å². The fourth-order valence-corrected chi connectivity index (χ4v) is 1.67. The van der Waals surface area contributed by atoms with Crippen molar-refractivity contribution in [3.05, 3.63) is 43.9 Å². The molecular formula is C9H4ClF3N2O2. The molecule has 0 aliphatic carbocycles. The van der Waals surface area contributed by atoms with Crippen LogP contribution in [0.4, 0.5) is 13.2 Å². The first kappa shape index (κ1) is 11.7. The molecule has 1 N–H and O–H groups in total. The van der Waals surface area contributed by atoms with Gasteiger partial charge in [0.05, 0.1) is 16.1 Å². The molecule has 0 aliphatic heterocycles. The van der Waals surface area contributed by atoms with Gasteiger partial charge in [-0.05, 0) is 12.1 Å². The summed E-state index contributed by atoms with van der Waals surface area (Å²) in [5.41, 5.74) is -3.78. The molecule has 0 fully saturated rings. The highest BCUT2D eigenvalue weighted by Gasteiger charge is 2.34. The third kappa shape index (κ3) is 1.82. The van der Waals surface area contributed by atoms with Gasteiger partial charge in [-0.15, -0.1) is 13.2 Å². The maximum atomic E-state index is 12.7. The Kier molecular flexibility index (Phi) is 2.50. The Labute approximate surface area is 96.3 Å². The second kappa shape index (κ2) is 3.63. The Morgan fingerprint density at radius 2 is 1.88 bits per heavy atom. The Balaban J connectivity index is 3.10. The first-order valence-electron chi connectivity index (χ1n) is 4.33. The van der Waals surface area contributed by atoms with E-state index in [9.17, 15) is 22.8 Å². The average molecular weight is 265 g/mol. The molecule has 0 atom stereocenters. The molecule has 90 valence electrons. The van der Waals surface area contributed by atoms with Crippen molar-refractivity contribution < 1.29 is 13.2 Å². The lowest BCUT2D eigenvalue weighted by Gasteiger charge is -2.12. The lowest BCUT2D eigenvalue weighted by Crippen LogP contribution is -2.41. The number of nitrogens with one attached hydrogen (secondary N) is 1. The molecule has 0 bridgehead atoms. The summed E-state index contributed by atoms with van der Waals surface area (Å²) >= 11 is 5.65. The minimum atomic E-state index is -4.98. The SMILES string of the molecule is O=c1[nH]c2c(Cl)cccc2n(C(F)(F)F)c1=O. The van der Waals surface area contributed by atoms with Crippen molar-refractivity contribution in [2.45, 2.75) is 6.30 Å². The largest absolute Gasteiger partial charge is 0.492 e. The predicted molar refractivity (Wildman–Crippen MR) is 55.1 cm³/mol. The van der Waals surface area contributed by atoms with Crippen molar-refractivity contribution in [1.29, 1.82) is 0 Å². The number of aromatic amines is 1. The second-order valence-electron chi connectivity index (χ2n) is 3.20. The van der Waals surface area contributed by atoms with E-state index in [1.807, 2.05) is 4.98 Å². The van der Waals surface area contributed by atoms with Gasteiger partial charge in [-0.3, -0.25) is 9.59 Å². The molecule has 8 heteroatoms. The summed E-state index contributed by atoms with van der Waals surface area (Å²) in [6, 6.07) is 3.61. The normalized spacial score (nSPS) is 12.0. The predicted octanol–water partition coefficient (Wildman–Crippen LogP) is 1.82. The van der Waals surface area contributed by atoms with Crippen LogP contribution in [0.1, 0.15) is 0 Å². The van der Waals surface area contributed by atoms with Crippen LogP contribution >= 0.6 is 11.6 Å². The summed E-state index contributed by atoms with van der Waals surface area (Å²) < 4.78 is 37.4. The minimum absolute atomic E-state index is 0.0717. The number of aromatic nitrogens is 2. The highest BCUT2D eigenvalue weighted by molar-refractivity contribution is 6.34. The highest BCUT2D eigenvalue weighted by Crippen LogP contribution is 2.26. The van der Waals surface area contributed by atoms with Gasteiger partial charge in [0.25, 0.3) is 0 Å². The second-order valence-corrected chi connectivity index (χ2v) is 3.60. The van der Waals surface area contributed by atoms with Gasteiger partial charge in [-0.25, -0.2) is 4.57 Å². The van der Waals surface area contributed by atoms with Crippen LogP contribution in [0.15, 0.2) is 27.8 Å². The summed E-state index contributed by atoms with van der Waals surface area (Å²) in [7, 11) is 0. The number of hydrogen-bond donors (Lipinski definition) is 1. The number of rotatable bonds is 0. The molecule has 17 heavy (non-hydrogen) atoms. The third-order valence-corrected chi connectivity index (χ3v) is 2.44. The lowest BCUT2D eigenvalue weighted by molar-refractivity contribution is -0.203. The number of hydrogen-bond acceptors (Lipinski definition) is 2. The lowest BCUT2D eigenvalue weighted by atomic mass is 10.3. The van der Waals surface area contributed by atoms with Crippen LogP contribution in [0, 0.1) is 0 Å². The van der Waals surface area contributed by atoms with Crippen LogP contribution in [-0.4, -0.2) is 9.55 Å². The molecule has 2 rings (SSSR count). The van der Waals surface area contributed by atoms with E-state index in [0.29, 0.717) is 0 Å². The van der Waals surface area contributed by atoms with Gasteiger partial charge in [0, 0.05) is 0 Å². The molecule has 0 radical (unpaired) electrons. The summed E-state index contributed by atoms with van der Waals surface area (Å²) in [4.78, 5) is 24.3. The molecule has 0 saturated carbocycles. The zero-order chi connectivity index (χ0) is 12.8. The van der Waals surface area contributed by atoms with Crippen molar-refractivity contribution in [2.24, 2.45) is 0 Å². The molecule has 1 aromatic carbocycles. The molecule has 1 heterocycles. The highest BCUT2D eigenvalue weighted by atomic mass is 35.5. The fourth-order valence-electron chi connectivity index (χ4n) is 1.45. The van der Waals surface area contributed by atoms with Gasteiger partial charge >= 0.3 is 17.4 Å². The van der Waals surface area contributed by atoms with Crippen molar-refractivity contribution in [1.82, 2.24) is 9.55 Å². The van der Waals surface area contributed by atoms with Crippen LogP contribution in [0.3, 0.4) is 0 Å².